The molecular weight excluding hydrogens is 276 g/mol. The Morgan fingerprint density at radius 3 is 2.55 bits per heavy atom. The molecule has 0 aliphatic heterocycles. The maximum atomic E-state index is 12.0. The van der Waals surface area contributed by atoms with Crippen LogP contribution < -0.4 is 14.8 Å². The van der Waals surface area contributed by atoms with Crippen LogP contribution in [0.5, 0.6) is 5.75 Å². The molecule has 0 amide bonds. The Hall–Kier alpha value is -1.11. The number of ether oxygens (including phenoxy) is 1. The highest BCUT2D eigenvalue weighted by atomic mass is 32.2. The number of rotatable bonds is 9. The van der Waals surface area contributed by atoms with Gasteiger partial charge in [0.25, 0.3) is 0 Å². The lowest BCUT2D eigenvalue weighted by atomic mass is 10.3. The van der Waals surface area contributed by atoms with Crippen LogP contribution in [0.4, 0.5) is 0 Å². The molecule has 1 fully saturated rings. The van der Waals surface area contributed by atoms with E-state index in [1.807, 2.05) is 0 Å². The number of benzene rings is 1. The fourth-order valence-corrected chi connectivity index (χ4v) is 3.07. The molecule has 0 spiro atoms. The molecule has 1 saturated carbocycles. The van der Waals surface area contributed by atoms with Gasteiger partial charge in [-0.1, -0.05) is 6.92 Å². The van der Waals surface area contributed by atoms with Gasteiger partial charge in [0.2, 0.25) is 10.0 Å². The highest BCUT2D eigenvalue weighted by Gasteiger charge is 2.27. The van der Waals surface area contributed by atoms with E-state index in [1.54, 1.807) is 24.3 Å². The lowest BCUT2D eigenvalue weighted by molar-refractivity contribution is 0.308. The second-order valence-corrected chi connectivity index (χ2v) is 6.64. The van der Waals surface area contributed by atoms with Gasteiger partial charge in [-0.2, -0.15) is 0 Å². The zero-order valence-electron chi connectivity index (χ0n) is 11.8. The average molecular weight is 298 g/mol. The van der Waals surface area contributed by atoms with Crippen LogP contribution in [0.1, 0.15) is 26.2 Å². The van der Waals surface area contributed by atoms with Crippen LogP contribution in [0.2, 0.25) is 0 Å². The maximum Gasteiger partial charge on any atom is 0.240 e. The van der Waals surface area contributed by atoms with Crippen LogP contribution in [0.15, 0.2) is 29.2 Å². The molecule has 1 aromatic rings. The minimum atomic E-state index is -3.36. The first kappa shape index (κ1) is 15.3. The van der Waals surface area contributed by atoms with Gasteiger partial charge in [0, 0.05) is 6.04 Å². The van der Waals surface area contributed by atoms with Gasteiger partial charge in [0.1, 0.15) is 5.75 Å². The van der Waals surface area contributed by atoms with Crippen molar-refractivity contribution >= 4 is 10.0 Å². The van der Waals surface area contributed by atoms with Gasteiger partial charge < -0.3 is 10.1 Å². The Morgan fingerprint density at radius 2 is 1.95 bits per heavy atom. The number of hydrogen-bond acceptors (Lipinski definition) is 4. The third kappa shape index (κ3) is 4.77. The zero-order valence-corrected chi connectivity index (χ0v) is 12.6. The molecule has 1 aromatic carbocycles. The monoisotopic (exact) mass is 298 g/mol. The molecule has 0 heterocycles. The molecule has 6 heteroatoms. The van der Waals surface area contributed by atoms with Crippen molar-refractivity contribution in [2.45, 2.75) is 37.1 Å². The summed E-state index contributed by atoms with van der Waals surface area (Å²) in [6.07, 6.45) is 2.80. The van der Waals surface area contributed by atoms with Gasteiger partial charge in [-0.3, -0.25) is 0 Å². The fourth-order valence-electron chi connectivity index (χ4n) is 1.77. The molecule has 0 unspecified atom stereocenters. The summed E-state index contributed by atoms with van der Waals surface area (Å²) >= 11 is 0. The molecule has 0 saturated heterocycles. The Bertz CT molecular complexity index is 510. The number of sulfonamides is 1. The normalized spacial score (nSPS) is 15.2. The lowest BCUT2D eigenvalue weighted by Crippen LogP contribution is -2.25. The third-order valence-corrected chi connectivity index (χ3v) is 4.59. The molecule has 0 radical (unpaired) electrons. The van der Waals surface area contributed by atoms with Crippen molar-refractivity contribution in [2.24, 2.45) is 0 Å². The van der Waals surface area contributed by atoms with Crippen molar-refractivity contribution in [1.29, 1.82) is 0 Å². The second kappa shape index (κ2) is 7.06. The highest BCUT2D eigenvalue weighted by Crippen LogP contribution is 2.23. The molecule has 0 bridgehead atoms. The van der Waals surface area contributed by atoms with E-state index >= 15 is 0 Å². The van der Waals surface area contributed by atoms with Crippen molar-refractivity contribution in [3.8, 4) is 5.75 Å². The summed E-state index contributed by atoms with van der Waals surface area (Å²) in [6.45, 7) is 4.57. The van der Waals surface area contributed by atoms with Gasteiger partial charge in [-0.25, -0.2) is 13.1 Å². The van der Waals surface area contributed by atoms with E-state index in [-0.39, 0.29) is 6.04 Å². The van der Waals surface area contributed by atoms with Crippen LogP contribution in [-0.2, 0) is 10.0 Å². The van der Waals surface area contributed by atoms with E-state index in [0.717, 1.165) is 32.4 Å². The maximum absolute atomic E-state index is 12.0. The van der Waals surface area contributed by atoms with Gasteiger partial charge in [0.15, 0.2) is 0 Å². The summed E-state index contributed by atoms with van der Waals surface area (Å²) in [7, 11) is -3.36. The molecule has 20 heavy (non-hydrogen) atoms. The third-order valence-electron chi connectivity index (χ3n) is 3.05. The predicted molar refractivity (Wildman–Crippen MR) is 78.4 cm³/mol. The SMILES string of the molecule is CCNCCCOc1ccc(S(=O)(=O)NC2CC2)cc1. The first-order valence-corrected chi connectivity index (χ1v) is 8.56. The first-order chi connectivity index (χ1) is 9.62. The minimum absolute atomic E-state index is 0.127. The summed E-state index contributed by atoms with van der Waals surface area (Å²) in [5.41, 5.74) is 0. The predicted octanol–water partition coefficient (Wildman–Crippen LogP) is 1.51. The topological polar surface area (TPSA) is 67.4 Å². The summed E-state index contributed by atoms with van der Waals surface area (Å²) < 4.78 is 32.1. The Morgan fingerprint density at radius 1 is 1.25 bits per heavy atom. The molecule has 112 valence electrons. The first-order valence-electron chi connectivity index (χ1n) is 7.08. The van der Waals surface area contributed by atoms with Gasteiger partial charge in [-0.05, 0) is 56.6 Å². The quantitative estimate of drug-likeness (QED) is 0.678. The van der Waals surface area contributed by atoms with Crippen LogP contribution in [0.25, 0.3) is 0 Å². The van der Waals surface area contributed by atoms with E-state index in [1.165, 1.54) is 0 Å². The smallest absolute Gasteiger partial charge is 0.240 e. The fraction of sp³-hybridized carbons (Fsp3) is 0.571. The van der Waals surface area contributed by atoms with Crippen molar-refractivity contribution in [1.82, 2.24) is 10.0 Å². The van der Waals surface area contributed by atoms with E-state index in [2.05, 4.69) is 17.0 Å². The van der Waals surface area contributed by atoms with E-state index in [0.29, 0.717) is 17.3 Å². The lowest BCUT2D eigenvalue weighted by Gasteiger charge is -2.08. The van der Waals surface area contributed by atoms with Crippen molar-refractivity contribution in [3.05, 3.63) is 24.3 Å². The molecule has 2 N–H and O–H groups in total. The van der Waals surface area contributed by atoms with Crippen LogP contribution in [0.3, 0.4) is 0 Å². The highest BCUT2D eigenvalue weighted by molar-refractivity contribution is 7.89. The Kier molecular flexibility index (Phi) is 5.39. The van der Waals surface area contributed by atoms with Crippen LogP contribution in [-0.4, -0.2) is 34.2 Å². The Labute approximate surface area is 120 Å². The molecule has 0 atom stereocenters. The summed E-state index contributed by atoms with van der Waals surface area (Å²) in [5, 5.41) is 3.22. The molecule has 0 aromatic heterocycles. The van der Waals surface area contributed by atoms with E-state index < -0.39 is 10.0 Å². The van der Waals surface area contributed by atoms with E-state index in [4.69, 9.17) is 4.74 Å². The van der Waals surface area contributed by atoms with E-state index in [9.17, 15) is 8.42 Å². The van der Waals surface area contributed by atoms with Crippen LogP contribution in [0, 0.1) is 0 Å². The Balaban J connectivity index is 1.82. The van der Waals surface area contributed by atoms with Gasteiger partial charge in [0.05, 0.1) is 11.5 Å². The van der Waals surface area contributed by atoms with Gasteiger partial charge in [-0.15, -0.1) is 0 Å². The van der Waals surface area contributed by atoms with Crippen molar-refractivity contribution in [2.75, 3.05) is 19.7 Å². The van der Waals surface area contributed by atoms with Crippen molar-refractivity contribution < 1.29 is 13.2 Å². The number of hydrogen-bond donors (Lipinski definition) is 2. The molecule has 2 rings (SSSR count). The van der Waals surface area contributed by atoms with Crippen molar-refractivity contribution in [3.63, 3.8) is 0 Å². The summed E-state index contributed by atoms with van der Waals surface area (Å²) in [4.78, 5) is 0.296. The average Bonchev–Trinajstić information content (AvgIpc) is 3.22. The molecule has 1 aliphatic rings. The molecular formula is C14H22N2O3S. The zero-order chi connectivity index (χ0) is 14.4. The minimum Gasteiger partial charge on any atom is -0.494 e. The summed E-state index contributed by atoms with van der Waals surface area (Å²) in [6, 6.07) is 6.71. The largest absolute Gasteiger partial charge is 0.494 e. The number of nitrogens with one attached hydrogen (secondary N) is 2. The summed E-state index contributed by atoms with van der Waals surface area (Å²) in [5.74, 6) is 0.701. The van der Waals surface area contributed by atoms with Gasteiger partial charge >= 0.3 is 0 Å². The van der Waals surface area contributed by atoms with Crippen LogP contribution >= 0.6 is 0 Å². The molecule has 5 nitrogen and oxygen atoms in total. The standard InChI is InChI=1S/C14H22N2O3S/c1-2-15-10-3-11-19-13-6-8-14(9-7-13)20(17,18)16-12-4-5-12/h6-9,12,15-16H,2-5,10-11H2,1H3. The second-order valence-electron chi connectivity index (χ2n) is 4.92. The molecule has 1 aliphatic carbocycles.